The van der Waals surface area contributed by atoms with Crippen LogP contribution in [0.25, 0.3) is 10.9 Å². The fourth-order valence-corrected chi connectivity index (χ4v) is 2.79. The van der Waals surface area contributed by atoms with Crippen LogP contribution in [0.5, 0.6) is 0 Å². The molecule has 0 aliphatic heterocycles. The van der Waals surface area contributed by atoms with Crippen LogP contribution in [0.2, 0.25) is 0 Å². The number of nitrogens with zero attached hydrogens (tertiary/aromatic N) is 3. The molecule has 7 heteroatoms. The Kier molecular flexibility index (Phi) is 4.79. The monoisotopic (exact) mass is 350 g/mol. The summed E-state index contributed by atoms with van der Waals surface area (Å²) in [5, 5.41) is 14.9. The van der Waals surface area contributed by atoms with Crippen LogP contribution in [0.3, 0.4) is 0 Å². The first-order valence-electron chi connectivity index (χ1n) is 8.04. The Labute approximate surface area is 150 Å². The number of nitro benzene ring substituents is 1. The van der Waals surface area contributed by atoms with Crippen LogP contribution in [-0.4, -0.2) is 29.9 Å². The summed E-state index contributed by atoms with van der Waals surface area (Å²) in [4.78, 5) is 29.3. The number of amides is 1. The van der Waals surface area contributed by atoms with E-state index in [1.54, 1.807) is 31.3 Å². The van der Waals surface area contributed by atoms with E-state index in [0.717, 1.165) is 16.5 Å². The standard InChI is InChI=1S/C19H18N4O3/c1-22(2)17-9-8-15(23(25)26)11-16(17)19(24)21-12-14-6-3-5-13-7-4-10-20-18(13)14/h3-11H,12H2,1-2H3,(H,21,24). The minimum atomic E-state index is -0.509. The smallest absolute Gasteiger partial charge is 0.270 e. The summed E-state index contributed by atoms with van der Waals surface area (Å²) in [7, 11) is 3.57. The van der Waals surface area contributed by atoms with Crippen molar-refractivity contribution in [3.05, 3.63) is 76.0 Å². The van der Waals surface area contributed by atoms with Gasteiger partial charge < -0.3 is 10.2 Å². The van der Waals surface area contributed by atoms with Crippen molar-refractivity contribution in [1.82, 2.24) is 10.3 Å². The maximum Gasteiger partial charge on any atom is 0.270 e. The van der Waals surface area contributed by atoms with Crippen molar-refractivity contribution in [3.63, 3.8) is 0 Å². The molecule has 3 aromatic rings. The molecule has 0 aliphatic carbocycles. The minimum absolute atomic E-state index is 0.118. The van der Waals surface area contributed by atoms with Crippen LogP contribution in [0.15, 0.2) is 54.7 Å². The van der Waals surface area contributed by atoms with Crippen molar-refractivity contribution >= 4 is 28.2 Å². The maximum atomic E-state index is 12.7. The summed E-state index contributed by atoms with van der Waals surface area (Å²) in [5.74, 6) is -0.370. The van der Waals surface area contributed by atoms with Gasteiger partial charge in [-0.25, -0.2) is 0 Å². The number of hydrogen-bond donors (Lipinski definition) is 1. The fourth-order valence-electron chi connectivity index (χ4n) is 2.79. The van der Waals surface area contributed by atoms with E-state index >= 15 is 0 Å². The van der Waals surface area contributed by atoms with Crippen molar-refractivity contribution < 1.29 is 9.72 Å². The predicted molar refractivity (Wildman–Crippen MR) is 100 cm³/mol. The third kappa shape index (κ3) is 3.46. The number of hydrogen-bond acceptors (Lipinski definition) is 5. The third-order valence-electron chi connectivity index (χ3n) is 4.07. The first-order valence-corrected chi connectivity index (χ1v) is 8.04. The number of nitrogens with one attached hydrogen (secondary N) is 1. The first-order chi connectivity index (χ1) is 12.5. The van der Waals surface area contributed by atoms with Gasteiger partial charge in [-0.15, -0.1) is 0 Å². The molecule has 3 rings (SSSR count). The number of fused-ring (bicyclic) bond motifs is 1. The molecule has 1 aromatic heterocycles. The Morgan fingerprint density at radius 1 is 1.19 bits per heavy atom. The predicted octanol–water partition coefficient (Wildman–Crippen LogP) is 3.14. The highest BCUT2D eigenvalue weighted by Gasteiger charge is 2.18. The molecular weight excluding hydrogens is 332 g/mol. The van der Waals surface area contributed by atoms with Gasteiger partial charge in [0.05, 0.1) is 16.0 Å². The summed E-state index contributed by atoms with van der Waals surface area (Å²) in [6.07, 6.45) is 1.71. The van der Waals surface area contributed by atoms with Crippen molar-refractivity contribution in [2.24, 2.45) is 0 Å². The lowest BCUT2D eigenvalue weighted by Gasteiger charge is -2.17. The van der Waals surface area contributed by atoms with Crippen LogP contribution in [0.4, 0.5) is 11.4 Å². The second kappa shape index (κ2) is 7.18. The number of carbonyl (C=O) groups is 1. The molecule has 1 heterocycles. The quantitative estimate of drug-likeness (QED) is 0.564. The van der Waals surface area contributed by atoms with Crippen LogP contribution in [-0.2, 0) is 6.54 Å². The van der Waals surface area contributed by atoms with E-state index in [2.05, 4.69) is 10.3 Å². The Bertz CT molecular complexity index is 980. The van der Waals surface area contributed by atoms with Gasteiger partial charge in [-0.1, -0.05) is 24.3 Å². The summed E-state index contributed by atoms with van der Waals surface area (Å²) in [6.45, 7) is 0.281. The molecule has 0 saturated heterocycles. The van der Waals surface area contributed by atoms with E-state index in [4.69, 9.17) is 0 Å². The summed E-state index contributed by atoms with van der Waals surface area (Å²) in [6, 6.07) is 13.8. The molecule has 0 spiro atoms. The number of rotatable bonds is 5. The number of nitro groups is 1. The molecule has 0 fully saturated rings. The largest absolute Gasteiger partial charge is 0.377 e. The van der Waals surface area contributed by atoms with E-state index in [1.165, 1.54) is 12.1 Å². The SMILES string of the molecule is CN(C)c1ccc([N+](=O)[O-])cc1C(=O)NCc1cccc2cccnc12. The van der Waals surface area contributed by atoms with Crippen molar-refractivity contribution in [3.8, 4) is 0 Å². The van der Waals surface area contributed by atoms with Crippen LogP contribution in [0, 0.1) is 10.1 Å². The second-order valence-electron chi connectivity index (χ2n) is 6.03. The van der Waals surface area contributed by atoms with Gasteiger partial charge in [0, 0.05) is 50.0 Å². The molecule has 0 unspecified atom stereocenters. The van der Waals surface area contributed by atoms with Gasteiger partial charge in [0.1, 0.15) is 0 Å². The number of carbonyl (C=O) groups excluding carboxylic acids is 1. The van der Waals surface area contributed by atoms with E-state index in [-0.39, 0.29) is 23.7 Å². The fraction of sp³-hybridized carbons (Fsp3) is 0.158. The van der Waals surface area contributed by atoms with E-state index < -0.39 is 4.92 Å². The third-order valence-corrected chi connectivity index (χ3v) is 4.07. The molecule has 26 heavy (non-hydrogen) atoms. The normalized spacial score (nSPS) is 10.5. The van der Waals surface area contributed by atoms with Gasteiger partial charge in [-0.2, -0.15) is 0 Å². The number of pyridine rings is 1. The summed E-state index contributed by atoms with van der Waals surface area (Å²) in [5.41, 5.74) is 2.46. The summed E-state index contributed by atoms with van der Waals surface area (Å²) < 4.78 is 0. The Morgan fingerprint density at radius 3 is 2.69 bits per heavy atom. The van der Waals surface area contributed by atoms with Gasteiger partial charge in [0.25, 0.3) is 11.6 Å². The van der Waals surface area contributed by atoms with Gasteiger partial charge in [0.15, 0.2) is 0 Å². The average Bonchev–Trinajstić information content (AvgIpc) is 2.65. The second-order valence-corrected chi connectivity index (χ2v) is 6.03. The Balaban J connectivity index is 1.88. The molecule has 1 amide bonds. The van der Waals surface area contributed by atoms with E-state index in [9.17, 15) is 14.9 Å². The van der Waals surface area contributed by atoms with E-state index in [1.807, 2.05) is 30.3 Å². The zero-order valence-electron chi connectivity index (χ0n) is 14.5. The lowest BCUT2D eigenvalue weighted by Crippen LogP contribution is -2.25. The number of benzene rings is 2. The first kappa shape index (κ1) is 17.3. The summed E-state index contributed by atoms with van der Waals surface area (Å²) >= 11 is 0. The molecule has 1 N–H and O–H groups in total. The Morgan fingerprint density at radius 2 is 1.96 bits per heavy atom. The van der Waals surface area contributed by atoms with Crippen LogP contribution >= 0.6 is 0 Å². The maximum absolute atomic E-state index is 12.7. The molecule has 0 radical (unpaired) electrons. The number of para-hydroxylation sites is 1. The number of non-ortho nitro benzene ring substituents is 1. The molecule has 0 aliphatic rings. The molecule has 0 saturated carbocycles. The lowest BCUT2D eigenvalue weighted by molar-refractivity contribution is -0.384. The number of aromatic nitrogens is 1. The molecular formula is C19H18N4O3. The highest BCUT2D eigenvalue weighted by atomic mass is 16.6. The molecule has 7 nitrogen and oxygen atoms in total. The Hall–Kier alpha value is -3.48. The van der Waals surface area contributed by atoms with Gasteiger partial charge >= 0.3 is 0 Å². The van der Waals surface area contributed by atoms with Gasteiger partial charge in [-0.05, 0) is 17.7 Å². The highest BCUT2D eigenvalue weighted by Crippen LogP contribution is 2.24. The molecule has 0 bridgehead atoms. The zero-order chi connectivity index (χ0) is 18.7. The highest BCUT2D eigenvalue weighted by molar-refractivity contribution is 6.00. The van der Waals surface area contributed by atoms with Gasteiger partial charge in [0.2, 0.25) is 0 Å². The minimum Gasteiger partial charge on any atom is -0.377 e. The molecule has 132 valence electrons. The van der Waals surface area contributed by atoms with E-state index in [0.29, 0.717) is 5.69 Å². The lowest BCUT2D eigenvalue weighted by atomic mass is 10.1. The number of anilines is 1. The van der Waals surface area contributed by atoms with Crippen molar-refractivity contribution in [2.75, 3.05) is 19.0 Å². The van der Waals surface area contributed by atoms with Crippen molar-refractivity contribution in [1.29, 1.82) is 0 Å². The molecule has 0 atom stereocenters. The average molecular weight is 350 g/mol. The zero-order valence-corrected chi connectivity index (χ0v) is 14.5. The van der Waals surface area contributed by atoms with Crippen molar-refractivity contribution in [2.45, 2.75) is 6.54 Å². The topological polar surface area (TPSA) is 88.4 Å². The van der Waals surface area contributed by atoms with Crippen LogP contribution in [0.1, 0.15) is 15.9 Å². The van der Waals surface area contributed by atoms with Crippen LogP contribution < -0.4 is 10.2 Å². The molecule has 2 aromatic carbocycles. The van der Waals surface area contributed by atoms with Gasteiger partial charge in [-0.3, -0.25) is 19.9 Å².